The van der Waals surface area contributed by atoms with Crippen molar-refractivity contribution in [2.75, 3.05) is 0 Å². The van der Waals surface area contributed by atoms with Crippen molar-refractivity contribution < 1.29 is 0 Å². The fraction of sp³-hybridized carbons (Fsp3) is 0.684. The maximum atomic E-state index is 2.45. The third-order valence-electron chi connectivity index (χ3n) is 5.08. The largest absolute Gasteiger partial charge is 0.0887 e. The molecule has 2 rings (SSSR count). The molecule has 0 spiro atoms. The average Bonchev–Trinajstić information content (AvgIpc) is 2.43. The van der Waals surface area contributed by atoms with E-state index < -0.39 is 0 Å². The summed E-state index contributed by atoms with van der Waals surface area (Å²) < 4.78 is 0. The Kier molecular flexibility index (Phi) is 5.48. The molecule has 0 bridgehead atoms. The van der Waals surface area contributed by atoms with Crippen molar-refractivity contribution in [3.8, 4) is 0 Å². The van der Waals surface area contributed by atoms with Gasteiger partial charge in [-0.2, -0.15) is 0 Å². The lowest BCUT2D eigenvalue weighted by molar-refractivity contribution is 0.245. The second-order valence-corrected chi connectivity index (χ2v) is 6.76. The standard InChI is InChI=1S/C19H30/c1-4-15(2)13-17-9-11-19(12-10-17)14-18-7-5-16(3)6-8-18/h4-7,17-19H,8-14H2,1-3H3. The summed E-state index contributed by atoms with van der Waals surface area (Å²) >= 11 is 0. The Morgan fingerprint density at radius 2 is 1.89 bits per heavy atom. The van der Waals surface area contributed by atoms with Crippen molar-refractivity contribution in [1.82, 2.24) is 0 Å². The van der Waals surface area contributed by atoms with E-state index in [1.807, 2.05) is 0 Å². The Bertz CT molecular complexity index is 361. The van der Waals surface area contributed by atoms with Crippen LogP contribution >= 0.6 is 0 Å². The summed E-state index contributed by atoms with van der Waals surface area (Å²) in [5.41, 5.74) is 3.03. The van der Waals surface area contributed by atoms with Crippen molar-refractivity contribution in [2.24, 2.45) is 17.8 Å². The second-order valence-electron chi connectivity index (χ2n) is 6.76. The molecular formula is C19H30. The molecule has 1 unspecified atom stereocenters. The smallest absolute Gasteiger partial charge is 0.0193 e. The molecule has 0 aromatic heterocycles. The van der Waals surface area contributed by atoms with Gasteiger partial charge in [-0.25, -0.2) is 0 Å². The van der Waals surface area contributed by atoms with Gasteiger partial charge in [0, 0.05) is 0 Å². The minimum Gasteiger partial charge on any atom is -0.0887 e. The third kappa shape index (κ3) is 4.67. The lowest BCUT2D eigenvalue weighted by atomic mass is 9.75. The molecule has 0 N–H and O–H groups in total. The zero-order valence-corrected chi connectivity index (χ0v) is 13.0. The summed E-state index contributed by atoms with van der Waals surface area (Å²) in [6, 6.07) is 0. The van der Waals surface area contributed by atoms with Crippen LogP contribution in [0.3, 0.4) is 0 Å². The van der Waals surface area contributed by atoms with E-state index in [-0.39, 0.29) is 0 Å². The second kappa shape index (κ2) is 7.12. The lowest BCUT2D eigenvalue weighted by Crippen LogP contribution is -2.17. The van der Waals surface area contributed by atoms with E-state index in [2.05, 4.69) is 45.1 Å². The molecule has 106 valence electrons. The van der Waals surface area contributed by atoms with Crippen LogP contribution in [-0.4, -0.2) is 0 Å². The fourth-order valence-corrected chi connectivity index (χ4v) is 3.62. The van der Waals surface area contributed by atoms with Gasteiger partial charge < -0.3 is 0 Å². The van der Waals surface area contributed by atoms with Gasteiger partial charge in [0.25, 0.3) is 0 Å². The van der Waals surface area contributed by atoms with Crippen LogP contribution in [0.2, 0.25) is 0 Å². The van der Waals surface area contributed by atoms with Crippen LogP contribution in [0, 0.1) is 17.8 Å². The summed E-state index contributed by atoms with van der Waals surface area (Å²) in [5, 5.41) is 0. The Hall–Kier alpha value is -0.780. The van der Waals surface area contributed by atoms with Gasteiger partial charge in [-0.3, -0.25) is 0 Å². The van der Waals surface area contributed by atoms with Crippen molar-refractivity contribution in [3.05, 3.63) is 35.5 Å². The van der Waals surface area contributed by atoms with Crippen molar-refractivity contribution in [3.63, 3.8) is 0 Å². The summed E-state index contributed by atoms with van der Waals surface area (Å²) in [6.07, 6.45) is 19.4. The minimum atomic E-state index is 0.822. The number of rotatable bonds is 4. The van der Waals surface area contributed by atoms with E-state index in [4.69, 9.17) is 0 Å². The molecule has 2 aliphatic rings. The molecule has 0 nitrogen and oxygen atoms in total. The number of hydrogen-bond acceptors (Lipinski definition) is 0. The van der Waals surface area contributed by atoms with Crippen LogP contribution in [-0.2, 0) is 0 Å². The minimum absolute atomic E-state index is 0.822. The molecule has 0 aromatic rings. The van der Waals surface area contributed by atoms with E-state index in [1.54, 1.807) is 5.57 Å². The molecule has 0 radical (unpaired) electrons. The van der Waals surface area contributed by atoms with Gasteiger partial charge in [-0.1, -0.05) is 48.3 Å². The van der Waals surface area contributed by atoms with Gasteiger partial charge in [0.05, 0.1) is 0 Å². The maximum absolute atomic E-state index is 2.45. The molecule has 1 fully saturated rings. The molecule has 0 aliphatic heterocycles. The first kappa shape index (κ1) is 14.6. The molecule has 0 heterocycles. The zero-order valence-electron chi connectivity index (χ0n) is 13.0. The maximum Gasteiger partial charge on any atom is -0.0193 e. The van der Waals surface area contributed by atoms with E-state index in [1.165, 1.54) is 50.5 Å². The topological polar surface area (TPSA) is 0 Å². The SMILES string of the molecule is CC=C(C)CC1CCC(CC2C=CC(C)=CC2)CC1. The average molecular weight is 258 g/mol. The quantitative estimate of drug-likeness (QED) is 0.537. The molecule has 2 aliphatic carbocycles. The number of hydrogen-bond donors (Lipinski definition) is 0. The van der Waals surface area contributed by atoms with Crippen LogP contribution < -0.4 is 0 Å². The summed E-state index contributed by atoms with van der Waals surface area (Å²) in [7, 11) is 0. The first-order valence-corrected chi connectivity index (χ1v) is 8.14. The van der Waals surface area contributed by atoms with Gasteiger partial charge in [0.1, 0.15) is 0 Å². The van der Waals surface area contributed by atoms with E-state index >= 15 is 0 Å². The van der Waals surface area contributed by atoms with Crippen LogP contribution in [0.4, 0.5) is 0 Å². The molecule has 0 heteroatoms. The van der Waals surface area contributed by atoms with Crippen molar-refractivity contribution in [1.29, 1.82) is 0 Å². The number of allylic oxidation sites excluding steroid dienone is 6. The van der Waals surface area contributed by atoms with Crippen LogP contribution in [0.5, 0.6) is 0 Å². The molecule has 19 heavy (non-hydrogen) atoms. The molecular weight excluding hydrogens is 228 g/mol. The molecule has 1 atom stereocenters. The Balaban J connectivity index is 1.71. The van der Waals surface area contributed by atoms with E-state index in [9.17, 15) is 0 Å². The van der Waals surface area contributed by atoms with E-state index in [0.717, 1.165) is 17.8 Å². The van der Waals surface area contributed by atoms with E-state index in [0.29, 0.717) is 0 Å². The highest BCUT2D eigenvalue weighted by Gasteiger charge is 2.23. The lowest BCUT2D eigenvalue weighted by Gasteiger charge is -2.31. The van der Waals surface area contributed by atoms with Crippen molar-refractivity contribution in [2.45, 2.75) is 65.7 Å². The highest BCUT2D eigenvalue weighted by Crippen LogP contribution is 2.37. The molecule has 1 saturated carbocycles. The molecule has 0 amide bonds. The zero-order chi connectivity index (χ0) is 13.7. The summed E-state index contributed by atoms with van der Waals surface area (Å²) in [6.45, 7) is 6.67. The van der Waals surface area contributed by atoms with Gasteiger partial charge in [-0.05, 0) is 70.6 Å². The normalized spacial score (nSPS) is 32.3. The monoisotopic (exact) mass is 258 g/mol. The third-order valence-corrected chi connectivity index (χ3v) is 5.08. The van der Waals surface area contributed by atoms with Crippen molar-refractivity contribution >= 4 is 0 Å². The van der Waals surface area contributed by atoms with Gasteiger partial charge in [-0.15, -0.1) is 0 Å². The predicted molar refractivity (Wildman–Crippen MR) is 85.1 cm³/mol. The molecule has 0 saturated heterocycles. The first-order chi connectivity index (χ1) is 9.17. The van der Waals surface area contributed by atoms with Crippen LogP contribution in [0.1, 0.15) is 65.7 Å². The Morgan fingerprint density at radius 3 is 2.47 bits per heavy atom. The Labute approximate surface area is 119 Å². The summed E-state index contributed by atoms with van der Waals surface area (Å²) in [4.78, 5) is 0. The predicted octanol–water partition coefficient (Wildman–Crippen LogP) is 6.06. The van der Waals surface area contributed by atoms with Gasteiger partial charge in [0.2, 0.25) is 0 Å². The Morgan fingerprint density at radius 1 is 1.21 bits per heavy atom. The first-order valence-electron chi connectivity index (χ1n) is 8.14. The van der Waals surface area contributed by atoms with Crippen LogP contribution in [0.25, 0.3) is 0 Å². The van der Waals surface area contributed by atoms with Crippen LogP contribution in [0.15, 0.2) is 35.5 Å². The molecule has 0 aromatic carbocycles. The summed E-state index contributed by atoms with van der Waals surface area (Å²) in [5.74, 6) is 2.78. The fourth-order valence-electron chi connectivity index (χ4n) is 3.62. The van der Waals surface area contributed by atoms with Gasteiger partial charge in [0.15, 0.2) is 0 Å². The van der Waals surface area contributed by atoms with Gasteiger partial charge >= 0.3 is 0 Å². The highest BCUT2D eigenvalue weighted by molar-refractivity contribution is 5.21. The highest BCUT2D eigenvalue weighted by atomic mass is 14.3.